The maximum Gasteiger partial charge on any atom is 0.250 e. The van der Waals surface area contributed by atoms with Gasteiger partial charge in [-0.3, -0.25) is 10.1 Å². The van der Waals surface area contributed by atoms with Crippen molar-refractivity contribution in [1.82, 2.24) is 4.98 Å². The van der Waals surface area contributed by atoms with Crippen molar-refractivity contribution >= 4 is 67.6 Å². The Balaban J connectivity index is 1.69. The molecule has 0 spiro atoms. The van der Waals surface area contributed by atoms with Crippen molar-refractivity contribution in [3.63, 3.8) is 0 Å². The number of carbonyl (C=O) groups excluding carboxylic acids is 1. The van der Waals surface area contributed by atoms with Crippen LogP contribution in [-0.2, 0) is 4.79 Å². The Morgan fingerprint density at radius 3 is 2.48 bits per heavy atom. The van der Waals surface area contributed by atoms with Crippen LogP contribution in [0.15, 0.2) is 58.4 Å². The van der Waals surface area contributed by atoms with E-state index in [9.17, 15) is 4.79 Å². The second-order valence-electron chi connectivity index (χ2n) is 5.00. The third-order valence-corrected chi connectivity index (χ3v) is 5.22. The van der Waals surface area contributed by atoms with E-state index in [2.05, 4.69) is 26.2 Å². The van der Waals surface area contributed by atoms with Gasteiger partial charge in [0.05, 0.1) is 5.69 Å². The lowest BCUT2D eigenvalue weighted by molar-refractivity contribution is -0.111. The molecule has 3 aromatic rings. The van der Waals surface area contributed by atoms with Gasteiger partial charge in [-0.1, -0.05) is 57.3 Å². The van der Waals surface area contributed by atoms with Crippen molar-refractivity contribution in [2.75, 3.05) is 5.32 Å². The zero-order valence-corrected chi connectivity index (χ0v) is 16.6. The lowest BCUT2D eigenvalue weighted by Gasteiger charge is -2.01. The zero-order valence-electron chi connectivity index (χ0n) is 12.7. The molecule has 0 saturated heterocycles. The minimum absolute atomic E-state index is 0.298. The smallest absolute Gasteiger partial charge is 0.250 e. The van der Waals surface area contributed by atoms with Gasteiger partial charge in [0.25, 0.3) is 0 Å². The predicted molar refractivity (Wildman–Crippen MR) is 109 cm³/mol. The molecule has 1 aromatic heterocycles. The standard InChI is InChI=1S/C18H11BrCl2N2OS/c19-12-6-4-11(5-7-12)16-10-25-18(22-16)23-17(24)9-8-13-14(20)2-1-3-15(13)21/h1-10H,(H,22,23,24). The van der Waals surface area contributed by atoms with Crippen molar-refractivity contribution < 1.29 is 4.79 Å². The number of benzene rings is 2. The molecule has 2 aromatic carbocycles. The summed E-state index contributed by atoms with van der Waals surface area (Å²) < 4.78 is 1.00. The van der Waals surface area contributed by atoms with E-state index in [1.165, 1.54) is 17.4 Å². The molecule has 0 unspecified atom stereocenters. The van der Waals surface area contributed by atoms with Crippen LogP contribution in [0.2, 0.25) is 10.0 Å². The van der Waals surface area contributed by atoms with Crippen molar-refractivity contribution in [2.24, 2.45) is 0 Å². The number of rotatable bonds is 4. The van der Waals surface area contributed by atoms with E-state index in [0.717, 1.165) is 15.7 Å². The van der Waals surface area contributed by atoms with Crippen molar-refractivity contribution in [2.45, 2.75) is 0 Å². The molecule has 7 heteroatoms. The first-order valence-corrected chi connectivity index (χ1v) is 9.60. The fourth-order valence-corrected chi connectivity index (χ4v) is 3.57. The number of halogens is 3. The van der Waals surface area contributed by atoms with Crippen LogP contribution >= 0.6 is 50.5 Å². The summed E-state index contributed by atoms with van der Waals surface area (Å²) in [6.45, 7) is 0. The highest BCUT2D eigenvalue weighted by Gasteiger charge is 2.07. The van der Waals surface area contributed by atoms with Gasteiger partial charge in [0.1, 0.15) is 0 Å². The molecule has 0 aliphatic rings. The fourth-order valence-electron chi connectivity index (χ4n) is 2.06. The first-order valence-electron chi connectivity index (χ1n) is 7.17. The van der Waals surface area contributed by atoms with E-state index in [1.807, 2.05) is 29.6 Å². The van der Waals surface area contributed by atoms with Crippen LogP contribution in [0.3, 0.4) is 0 Å². The summed E-state index contributed by atoms with van der Waals surface area (Å²) in [7, 11) is 0. The largest absolute Gasteiger partial charge is 0.298 e. The van der Waals surface area contributed by atoms with E-state index in [0.29, 0.717) is 20.7 Å². The van der Waals surface area contributed by atoms with Crippen LogP contribution in [0.4, 0.5) is 5.13 Å². The summed E-state index contributed by atoms with van der Waals surface area (Å²) in [5.74, 6) is -0.298. The summed E-state index contributed by atoms with van der Waals surface area (Å²) in [5, 5.41) is 6.14. The topological polar surface area (TPSA) is 42.0 Å². The maximum atomic E-state index is 12.1. The normalized spacial score (nSPS) is 11.0. The SMILES string of the molecule is O=C(C=Cc1c(Cl)cccc1Cl)Nc1nc(-c2ccc(Br)cc2)cs1. The molecule has 3 rings (SSSR count). The molecule has 0 aliphatic heterocycles. The van der Waals surface area contributed by atoms with Crippen LogP contribution < -0.4 is 5.32 Å². The van der Waals surface area contributed by atoms with Crippen molar-refractivity contribution in [3.8, 4) is 11.3 Å². The Morgan fingerprint density at radius 2 is 1.80 bits per heavy atom. The molecule has 0 atom stereocenters. The number of hydrogen-bond acceptors (Lipinski definition) is 3. The molecule has 1 heterocycles. The number of aromatic nitrogens is 1. The third kappa shape index (κ3) is 4.70. The highest BCUT2D eigenvalue weighted by molar-refractivity contribution is 9.10. The molecule has 0 saturated carbocycles. The summed E-state index contributed by atoms with van der Waals surface area (Å²) >= 11 is 16.9. The molecule has 25 heavy (non-hydrogen) atoms. The van der Waals surface area contributed by atoms with Crippen molar-refractivity contribution in [3.05, 3.63) is 74.0 Å². The first kappa shape index (κ1) is 18.1. The van der Waals surface area contributed by atoms with E-state index >= 15 is 0 Å². The Kier molecular flexibility index (Phi) is 5.91. The summed E-state index contributed by atoms with van der Waals surface area (Å²) in [5.41, 5.74) is 2.40. The quantitative estimate of drug-likeness (QED) is 0.456. The molecule has 0 aliphatic carbocycles. The number of nitrogens with zero attached hydrogens (tertiary/aromatic N) is 1. The lowest BCUT2D eigenvalue weighted by atomic mass is 10.2. The molecule has 3 nitrogen and oxygen atoms in total. The number of amides is 1. The molecule has 0 fully saturated rings. The van der Waals surface area contributed by atoms with Crippen LogP contribution in [0.5, 0.6) is 0 Å². The third-order valence-electron chi connectivity index (χ3n) is 3.28. The summed E-state index contributed by atoms with van der Waals surface area (Å²) in [4.78, 5) is 16.5. The first-order chi connectivity index (χ1) is 12.0. The van der Waals surface area contributed by atoms with Gasteiger partial charge in [-0.2, -0.15) is 0 Å². The second-order valence-corrected chi connectivity index (χ2v) is 7.59. The van der Waals surface area contributed by atoms with Gasteiger partial charge < -0.3 is 0 Å². The molecule has 0 bridgehead atoms. The summed E-state index contributed by atoms with van der Waals surface area (Å²) in [6, 6.07) is 13.0. The highest BCUT2D eigenvalue weighted by Crippen LogP contribution is 2.27. The van der Waals surface area contributed by atoms with Crippen LogP contribution in [0, 0.1) is 0 Å². The Labute approximate surface area is 167 Å². The molecular weight excluding hydrogens is 443 g/mol. The lowest BCUT2D eigenvalue weighted by Crippen LogP contribution is -2.07. The predicted octanol–water partition coefficient (Wildman–Crippen LogP) is 6.53. The average Bonchev–Trinajstić information content (AvgIpc) is 3.03. The Bertz CT molecular complexity index is 918. The van der Waals surface area contributed by atoms with Crippen LogP contribution in [-0.4, -0.2) is 10.9 Å². The maximum absolute atomic E-state index is 12.1. The fraction of sp³-hybridized carbons (Fsp3) is 0. The average molecular weight is 454 g/mol. The van der Waals surface area contributed by atoms with Gasteiger partial charge >= 0.3 is 0 Å². The van der Waals surface area contributed by atoms with Gasteiger partial charge in [-0.05, 0) is 30.3 Å². The monoisotopic (exact) mass is 452 g/mol. The van der Waals surface area contributed by atoms with Gasteiger partial charge in [0, 0.05) is 37.1 Å². The van der Waals surface area contributed by atoms with Gasteiger partial charge in [0.15, 0.2) is 5.13 Å². The van der Waals surface area contributed by atoms with Crippen LogP contribution in [0.1, 0.15) is 5.56 Å². The van der Waals surface area contributed by atoms with E-state index in [4.69, 9.17) is 23.2 Å². The van der Waals surface area contributed by atoms with Crippen LogP contribution in [0.25, 0.3) is 17.3 Å². The number of thiazole rings is 1. The van der Waals surface area contributed by atoms with E-state index in [1.54, 1.807) is 24.3 Å². The molecule has 0 radical (unpaired) electrons. The van der Waals surface area contributed by atoms with Gasteiger partial charge in [-0.25, -0.2) is 4.98 Å². The molecular formula is C18H11BrCl2N2OS. The number of anilines is 1. The molecule has 1 amide bonds. The number of carbonyl (C=O) groups is 1. The molecule has 126 valence electrons. The van der Waals surface area contributed by atoms with Gasteiger partial charge in [-0.15, -0.1) is 11.3 Å². The molecule has 1 N–H and O–H groups in total. The van der Waals surface area contributed by atoms with E-state index < -0.39 is 0 Å². The Hall–Kier alpha value is -1.66. The van der Waals surface area contributed by atoms with E-state index in [-0.39, 0.29) is 5.91 Å². The summed E-state index contributed by atoms with van der Waals surface area (Å²) in [6.07, 6.45) is 2.97. The second kappa shape index (κ2) is 8.15. The van der Waals surface area contributed by atoms with Crippen molar-refractivity contribution in [1.29, 1.82) is 0 Å². The number of nitrogens with one attached hydrogen (secondary N) is 1. The number of hydrogen-bond donors (Lipinski definition) is 1. The highest BCUT2D eigenvalue weighted by atomic mass is 79.9. The Morgan fingerprint density at radius 1 is 1.12 bits per heavy atom. The minimum atomic E-state index is -0.298. The minimum Gasteiger partial charge on any atom is -0.298 e. The van der Waals surface area contributed by atoms with Gasteiger partial charge in [0.2, 0.25) is 5.91 Å². The zero-order chi connectivity index (χ0) is 17.8.